The van der Waals surface area contributed by atoms with Crippen LogP contribution in [0.25, 0.3) is 0 Å². The van der Waals surface area contributed by atoms with E-state index in [1.54, 1.807) is 25.3 Å². The molecule has 0 aliphatic carbocycles. The molecule has 6 nitrogen and oxygen atoms in total. The molecular weight excluding hydrogens is 322 g/mol. The maximum atomic E-state index is 11.8. The van der Waals surface area contributed by atoms with Gasteiger partial charge in [-0.15, -0.1) is 0 Å². The third kappa shape index (κ3) is 4.50. The Balaban J connectivity index is 1.71. The van der Waals surface area contributed by atoms with Crippen molar-refractivity contribution in [1.29, 1.82) is 0 Å². The number of amides is 2. The predicted molar refractivity (Wildman–Crippen MR) is 90.6 cm³/mol. The molecule has 1 unspecified atom stereocenters. The number of carbonyl (C=O) groups is 2. The van der Waals surface area contributed by atoms with Crippen LogP contribution >= 0.6 is 0 Å². The van der Waals surface area contributed by atoms with E-state index in [0.29, 0.717) is 30.3 Å². The lowest BCUT2D eigenvalue weighted by atomic mass is 10.1. The molecule has 0 saturated carbocycles. The fourth-order valence-electron chi connectivity index (χ4n) is 2.51. The van der Waals surface area contributed by atoms with Crippen molar-refractivity contribution in [3.63, 3.8) is 0 Å². The predicted octanol–water partition coefficient (Wildman–Crippen LogP) is 2.46. The zero-order valence-electron chi connectivity index (χ0n) is 13.9. The van der Waals surface area contributed by atoms with Crippen molar-refractivity contribution in [3.8, 4) is 17.2 Å². The van der Waals surface area contributed by atoms with E-state index >= 15 is 0 Å². The molecular formula is C19H19NO5. The molecule has 3 rings (SSSR count). The van der Waals surface area contributed by atoms with Gasteiger partial charge in [0.25, 0.3) is 5.91 Å². The Morgan fingerprint density at radius 2 is 1.76 bits per heavy atom. The monoisotopic (exact) mass is 341 g/mol. The van der Waals surface area contributed by atoms with Gasteiger partial charge in [0, 0.05) is 31.0 Å². The quantitative estimate of drug-likeness (QED) is 0.817. The van der Waals surface area contributed by atoms with Crippen molar-refractivity contribution in [2.75, 3.05) is 7.11 Å². The lowest BCUT2D eigenvalue weighted by Gasteiger charge is -2.22. The zero-order valence-corrected chi connectivity index (χ0v) is 13.9. The Bertz CT molecular complexity index is 760. The zero-order chi connectivity index (χ0) is 17.6. The van der Waals surface area contributed by atoms with Crippen LogP contribution in [0, 0.1) is 0 Å². The van der Waals surface area contributed by atoms with Crippen LogP contribution in [0.4, 0.5) is 0 Å². The Morgan fingerprint density at radius 1 is 1.04 bits per heavy atom. The van der Waals surface area contributed by atoms with E-state index in [4.69, 9.17) is 14.2 Å². The lowest BCUT2D eigenvalue weighted by molar-refractivity contribution is -0.138. The van der Waals surface area contributed by atoms with Gasteiger partial charge in [-0.05, 0) is 5.56 Å². The summed E-state index contributed by atoms with van der Waals surface area (Å²) in [6, 6.07) is 14.9. The summed E-state index contributed by atoms with van der Waals surface area (Å²) in [6.07, 6.45) is -0.0911. The first-order valence-electron chi connectivity index (χ1n) is 8.00. The first-order chi connectivity index (χ1) is 12.1. The van der Waals surface area contributed by atoms with Gasteiger partial charge in [-0.2, -0.15) is 0 Å². The van der Waals surface area contributed by atoms with Crippen LogP contribution in [-0.2, 0) is 16.2 Å². The molecule has 1 heterocycles. The first kappa shape index (κ1) is 16.8. The molecule has 1 aliphatic heterocycles. The van der Waals surface area contributed by atoms with Crippen LogP contribution in [0.3, 0.4) is 0 Å². The Kier molecular flexibility index (Phi) is 5.18. The number of carbonyl (C=O) groups excluding carboxylic acids is 2. The SMILES string of the molecule is COc1cc(OCc2ccccc2)cc(OC2CCC(=O)NC2=O)c1. The maximum Gasteiger partial charge on any atom is 0.267 e. The molecule has 25 heavy (non-hydrogen) atoms. The summed E-state index contributed by atoms with van der Waals surface area (Å²) >= 11 is 0. The normalized spacial score (nSPS) is 16.9. The molecule has 1 aliphatic rings. The minimum Gasteiger partial charge on any atom is -0.496 e. The van der Waals surface area contributed by atoms with Gasteiger partial charge in [-0.25, -0.2) is 0 Å². The Labute approximate surface area is 145 Å². The number of hydrogen-bond acceptors (Lipinski definition) is 5. The smallest absolute Gasteiger partial charge is 0.267 e. The molecule has 1 fully saturated rings. The highest BCUT2D eigenvalue weighted by Crippen LogP contribution is 2.29. The fourth-order valence-corrected chi connectivity index (χ4v) is 2.51. The van der Waals surface area contributed by atoms with Crippen molar-refractivity contribution >= 4 is 11.8 Å². The second-order valence-electron chi connectivity index (χ2n) is 5.68. The van der Waals surface area contributed by atoms with E-state index in [-0.39, 0.29) is 12.3 Å². The van der Waals surface area contributed by atoms with Gasteiger partial charge in [0.05, 0.1) is 7.11 Å². The van der Waals surface area contributed by atoms with Crippen LogP contribution in [0.15, 0.2) is 48.5 Å². The molecule has 2 amide bonds. The highest BCUT2D eigenvalue weighted by Gasteiger charge is 2.28. The number of methoxy groups -OCH3 is 1. The van der Waals surface area contributed by atoms with Crippen LogP contribution in [0.2, 0.25) is 0 Å². The average Bonchev–Trinajstić information content (AvgIpc) is 2.63. The van der Waals surface area contributed by atoms with E-state index in [2.05, 4.69) is 5.32 Å². The van der Waals surface area contributed by atoms with Gasteiger partial charge in [-0.1, -0.05) is 30.3 Å². The van der Waals surface area contributed by atoms with Gasteiger partial charge in [0.1, 0.15) is 23.9 Å². The van der Waals surface area contributed by atoms with Crippen LogP contribution < -0.4 is 19.5 Å². The minimum absolute atomic E-state index is 0.262. The molecule has 0 spiro atoms. The van der Waals surface area contributed by atoms with Gasteiger partial charge in [0.15, 0.2) is 6.10 Å². The minimum atomic E-state index is -0.702. The molecule has 1 atom stereocenters. The van der Waals surface area contributed by atoms with Gasteiger partial charge in [0.2, 0.25) is 5.91 Å². The fraction of sp³-hybridized carbons (Fsp3) is 0.263. The molecule has 2 aromatic rings. The first-order valence-corrected chi connectivity index (χ1v) is 8.00. The summed E-state index contributed by atoms with van der Waals surface area (Å²) in [5, 5.41) is 2.27. The molecule has 2 aromatic carbocycles. The van der Waals surface area contributed by atoms with Crippen molar-refractivity contribution in [3.05, 3.63) is 54.1 Å². The summed E-state index contributed by atoms with van der Waals surface area (Å²) in [5.41, 5.74) is 1.04. The number of nitrogens with one attached hydrogen (secondary N) is 1. The van der Waals surface area contributed by atoms with E-state index in [1.807, 2.05) is 30.3 Å². The number of rotatable bonds is 6. The van der Waals surface area contributed by atoms with Crippen molar-refractivity contribution in [1.82, 2.24) is 5.32 Å². The summed E-state index contributed by atoms with van der Waals surface area (Å²) in [6.45, 7) is 0.409. The average molecular weight is 341 g/mol. The van der Waals surface area contributed by atoms with Crippen LogP contribution in [-0.4, -0.2) is 25.0 Å². The standard InChI is InChI=1S/C19H19NO5/c1-23-14-9-15(24-12-13-5-3-2-4-6-13)11-16(10-14)25-17-7-8-18(21)20-19(17)22/h2-6,9-11,17H,7-8,12H2,1H3,(H,20,21,22). The van der Waals surface area contributed by atoms with E-state index in [9.17, 15) is 9.59 Å². The second kappa shape index (κ2) is 7.70. The molecule has 0 aromatic heterocycles. The topological polar surface area (TPSA) is 73.9 Å². The Hall–Kier alpha value is -3.02. The van der Waals surface area contributed by atoms with E-state index < -0.39 is 12.0 Å². The summed E-state index contributed by atoms with van der Waals surface area (Å²) < 4.78 is 16.8. The molecule has 1 N–H and O–H groups in total. The lowest BCUT2D eigenvalue weighted by Crippen LogP contribution is -2.46. The summed E-state index contributed by atoms with van der Waals surface area (Å²) in [5.74, 6) is 0.892. The highest BCUT2D eigenvalue weighted by molar-refractivity contribution is 5.99. The van der Waals surface area contributed by atoms with Gasteiger partial charge >= 0.3 is 0 Å². The number of hydrogen-bond donors (Lipinski definition) is 1. The summed E-state index contributed by atoms with van der Waals surface area (Å²) in [7, 11) is 1.55. The van der Waals surface area contributed by atoms with E-state index in [0.717, 1.165) is 5.56 Å². The molecule has 6 heteroatoms. The third-order valence-corrected chi connectivity index (χ3v) is 3.80. The summed E-state index contributed by atoms with van der Waals surface area (Å²) in [4.78, 5) is 23.1. The number of piperidine rings is 1. The third-order valence-electron chi connectivity index (χ3n) is 3.80. The molecule has 130 valence electrons. The number of benzene rings is 2. The Morgan fingerprint density at radius 3 is 2.48 bits per heavy atom. The largest absolute Gasteiger partial charge is 0.496 e. The van der Waals surface area contributed by atoms with E-state index in [1.165, 1.54) is 0 Å². The second-order valence-corrected chi connectivity index (χ2v) is 5.68. The van der Waals surface area contributed by atoms with Gasteiger partial charge in [-0.3, -0.25) is 14.9 Å². The van der Waals surface area contributed by atoms with Gasteiger partial charge < -0.3 is 14.2 Å². The van der Waals surface area contributed by atoms with Crippen LogP contribution in [0.5, 0.6) is 17.2 Å². The molecule has 0 bridgehead atoms. The molecule has 0 radical (unpaired) electrons. The highest BCUT2D eigenvalue weighted by atomic mass is 16.5. The molecule has 1 saturated heterocycles. The van der Waals surface area contributed by atoms with Crippen LogP contribution in [0.1, 0.15) is 18.4 Å². The number of imide groups is 1. The van der Waals surface area contributed by atoms with Crippen molar-refractivity contribution < 1.29 is 23.8 Å². The van der Waals surface area contributed by atoms with Crippen molar-refractivity contribution in [2.24, 2.45) is 0 Å². The van der Waals surface area contributed by atoms with Crippen molar-refractivity contribution in [2.45, 2.75) is 25.6 Å². The maximum absolute atomic E-state index is 11.8. The number of ether oxygens (including phenoxy) is 3.